The Balaban J connectivity index is 6.69. The number of rotatable bonds is 18. The van der Waals surface area contributed by atoms with E-state index in [4.69, 9.17) is 18.0 Å². The molecule has 0 N–H and O–H groups in total. The van der Waals surface area contributed by atoms with E-state index in [9.17, 15) is 4.79 Å². The van der Waals surface area contributed by atoms with Gasteiger partial charge in [0.05, 0.1) is 11.5 Å². The molecule has 0 rings (SSSR count). The average Bonchev–Trinajstić information content (AvgIpc) is 2.80. The van der Waals surface area contributed by atoms with Crippen LogP contribution in [0, 0.1) is 5.41 Å². The smallest absolute Gasteiger partial charge is 0.311 e. The second-order valence-corrected chi connectivity index (χ2v) is 34.4. The number of hydrogen-bond donors (Lipinski definition) is 0. The highest BCUT2D eigenvalue weighted by Gasteiger charge is 2.44. The molecule has 0 amide bonds. The predicted molar refractivity (Wildman–Crippen MR) is 212 cm³/mol. The van der Waals surface area contributed by atoms with Gasteiger partial charge in [0.2, 0.25) is 0 Å². The maximum atomic E-state index is 13.3. The van der Waals surface area contributed by atoms with Crippen molar-refractivity contribution in [1.82, 2.24) is 0 Å². The molecule has 45 heavy (non-hydrogen) atoms. The highest BCUT2D eigenvalue weighted by molar-refractivity contribution is 14.1. The molecular formula is C36H77IO5Si3. The number of hydrogen-bond acceptors (Lipinski definition) is 5. The molecule has 0 aromatic heterocycles. The van der Waals surface area contributed by atoms with Crippen LogP contribution in [0.25, 0.3) is 0 Å². The highest BCUT2D eigenvalue weighted by Crippen LogP contribution is 2.42. The van der Waals surface area contributed by atoms with Crippen molar-refractivity contribution in [2.75, 3.05) is 4.43 Å². The summed E-state index contributed by atoms with van der Waals surface area (Å²) in [5, 5.41) is 0.305. The molecule has 9 heteroatoms. The van der Waals surface area contributed by atoms with E-state index in [1.807, 2.05) is 20.8 Å². The summed E-state index contributed by atoms with van der Waals surface area (Å²) in [6.07, 6.45) is 6.22. The van der Waals surface area contributed by atoms with Gasteiger partial charge in [-0.15, -0.1) is 0 Å². The quantitative estimate of drug-likeness (QED) is 0.0598. The second-order valence-electron chi connectivity index (χ2n) is 19.0. The Morgan fingerprint density at radius 3 is 1.36 bits per heavy atom. The highest BCUT2D eigenvalue weighted by atomic mass is 127. The van der Waals surface area contributed by atoms with E-state index in [0.29, 0.717) is 0 Å². The zero-order valence-corrected chi connectivity index (χ0v) is 38.5. The van der Waals surface area contributed by atoms with Crippen molar-refractivity contribution in [2.45, 2.75) is 214 Å². The lowest BCUT2D eigenvalue weighted by Gasteiger charge is -2.44. The lowest BCUT2D eigenvalue weighted by atomic mass is 9.96. The van der Waals surface area contributed by atoms with Crippen LogP contribution in [0.2, 0.25) is 54.4 Å². The van der Waals surface area contributed by atoms with Gasteiger partial charge < -0.3 is 18.0 Å². The van der Waals surface area contributed by atoms with Gasteiger partial charge in [-0.05, 0) is 114 Å². The van der Waals surface area contributed by atoms with Crippen LogP contribution in [0.1, 0.15) is 135 Å². The normalized spacial score (nSPS) is 17.2. The van der Waals surface area contributed by atoms with Crippen LogP contribution in [0.3, 0.4) is 0 Å². The van der Waals surface area contributed by atoms with Crippen LogP contribution < -0.4 is 0 Å². The van der Waals surface area contributed by atoms with E-state index in [1.54, 1.807) is 0 Å². The first-order chi connectivity index (χ1) is 19.9. The number of alkyl halides is 1. The first-order valence-corrected chi connectivity index (χ1v) is 28.0. The second kappa shape index (κ2) is 17.6. The zero-order chi connectivity index (χ0) is 35.9. The van der Waals surface area contributed by atoms with Gasteiger partial charge in [0.25, 0.3) is 0 Å². The van der Waals surface area contributed by atoms with Crippen molar-refractivity contribution in [3.8, 4) is 0 Å². The van der Waals surface area contributed by atoms with E-state index in [0.717, 1.165) is 49.4 Å². The Hall–Kier alpha value is 0.731. The first kappa shape index (κ1) is 45.7. The van der Waals surface area contributed by atoms with E-state index >= 15 is 0 Å². The minimum Gasteiger partial charge on any atom is -0.459 e. The Morgan fingerprint density at radius 2 is 1.00 bits per heavy atom. The molecule has 0 saturated heterocycles. The summed E-state index contributed by atoms with van der Waals surface area (Å²) in [6.45, 7) is 42.9. The predicted octanol–water partition coefficient (Wildman–Crippen LogP) is 12.3. The summed E-state index contributed by atoms with van der Waals surface area (Å²) in [5.74, 6) is -0.147. The summed E-state index contributed by atoms with van der Waals surface area (Å²) in [7, 11) is -6.18. The number of esters is 1. The van der Waals surface area contributed by atoms with Crippen molar-refractivity contribution in [3.63, 3.8) is 0 Å². The fraction of sp³-hybridized carbons (Fsp3) is 0.972. The van der Waals surface area contributed by atoms with Crippen LogP contribution in [0.5, 0.6) is 0 Å². The molecule has 0 saturated carbocycles. The molecule has 0 unspecified atom stereocenters. The van der Waals surface area contributed by atoms with Crippen molar-refractivity contribution in [1.29, 1.82) is 0 Å². The maximum absolute atomic E-state index is 13.3. The van der Waals surface area contributed by atoms with Crippen molar-refractivity contribution in [3.05, 3.63) is 0 Å². The van der Waals surface area contributed by atoms with Gasteiger partial charge in [-0.3, -0.25) is 4.79 Å². The standard InChI is InChI=1S/C36H77IO5Si3/c1-20-21-22-30(39-32(38)33(2,3)4)31(42-45(18,19)36(11,12)13)24-23-28(40-43(14,15)34(5,6)7)27-29(25-26-37)41-44(16,17)35(8,9)10/h28-31H,20-27H2,1-19H3/t28-,29+,30+,31+/m0/s1. The van der Waals surface area contributed by atoms with Gasteiger partial charge in [0.15, 0.2) is 25.0 Å². The van der Waals surface area contributed by atoms with Crippen LogP contribution in [-0.4, -0.2) is 59.8 Å². The van der Waals surface area contributed by atoms with Gasteiger partial charge in [0, 0.05) is 16.6 Å². The molecule has 0 spiro atoms. The van der Waals surface area contributed by atoms with Gasteiger partial charge in [-0.1, -0.05) is 98.2 Å². The van der Waals surface area contributed by atoms with Crippen LogP contribution >= 0.6 is 22.6 Å². The summed E-state index contributed by atoms with van der Waals surface area (Å²) in [5.41, 5.74) is -0.562. The molecule has 270 valence electrons. The number of carbonyl (C=O) groups is 1. The molecular weight excluding hydrogens is 724 g/mol. The Labute approximate surface area is 298 Å². The molecule has 0 aliphatic rings. The van der Waals surface area contributed by atoms with Crippen molar-refractivity contribution < 1.29 is 22.8 Å². The summed E-state index contributed by atoms with van der Waals surface area (Å²) < 4.78 is 28.9. The van der Waals surface area contributed by atoms with E-state index in [-0.39, 0.29) is 45.5 Å². The monoisotopic (exact) mass is 800 g/mol. The average molecular weight is 801 g/mol. The number of ether oxygens (including phenoxy) is 1. The number of unbranched alkanes of at least 4 members (excludes halogenated alkanes) is 1. The lowest BCUT2D eigenvalue weighted by Crippen LogP contribution is -2.49. The maximum Gasteiger partial charge on any atom is 0.311 e. The molecule has 0 heterocycles. The molecule has 5 nitrogen and oxygen atoms in total. The Morgan fingerprint density at radius 1 is 0.600 bits per heavy atom. The largest absolute Gasteiger partial charge is 0.459 e. The summed E-state index contributed by atoms with van der Waals surface area (Å²) in [4.78, 5) is 13.3. The zero-order valence-electron chi connectivity index (χ0n) is 33.4. The third-order valence-corrected chi connectivity index (χ3v) is 24.8. The van der Waals surface area contributed by atoms with Crippen molar-refractivity contribution in [2.24, 2.45) is 5.41 Å². The molecule has 0 aliphatic carbocycles. The van der Waals surface area contributed by atoms with Crippen LogP contribution in [0.4, 0.5) is 0 Å². The number of carbonyl (C=O) groups excluding carboxylic acids is 1. The number of halogens is 1. The van der Waals surface area contributed by atoms with Crippen LogP contribution in [0.15, 0.2) is 0 Å². The van der Waals surface area contributed by atoms with E-state index in [2.05, 4.69) is 131 Å². The molecule has 0 aromatic carbocycles. The minimum absolute atomic E-state index is 0.0496. The lowest BCUT2D eigenvalue weighted by molar-refractivity contribution is -0.165. The van der Waals surface area contributed by atoms with Gasteiger partial charge >= 0.3 is 5.97 Å². The van der Waals surface area contributed by atoms with Gasteiger partial charge in [-0.2, -0.15) is 0 Å². The summed E-state index contributed by atoms with van der Waals surface area (Å²) >= 11 is 2.50. The minimum atomic E-state index is -2.16. The fourth-order valence-corrected chi connectivity index (χ4v) is 9.19. The fourth-order valence-electron chi connectivity index (χ4n) is 4.32. The SMILES string of the molecule is CCCC[C@@H](OC(=O)C(C)(C)C)[C@@H](CC[C@@H](C[C@@H](CCI)O[Si](C)(C)C(C)(C)C)O[Si](C)(C)C(C)(C)C)O[Si](C)(C)C(C)(C)C. The molecule has 4 atom stereocenters. The molecule has 0 aliphatic heterocycles. The third-order valence-electron chi connectivity index (χ3n) is 10.6. The molecule has 0 aromatic rings. The van der Waals surface area contributed by atoms with E-state index < -0.39 is 30.4 Å². The van der Waals surface area contributed by atoms with Gasteiger partial charge in [0.1, 0.15) is 6.10 Å². The molecule has 0 bridgehead atoms. The Bertz CT molecular complexity index is 879. The Kier molecular flexibility index (Phi) is 17.9. The summed E-state index contributed by atoms with van der Waals surface area (Å²) in [6, 6.07) is 0. The van der Waals surface area contributed by atoms with Crippen LogP contribution in [-0.2, 0) is 22.8 Å². The third kappa shape index (κ3) is 15.4. The topological polar surface area (TPSA) is 54.0 Å². The molecule has 0 radical (unpaired) electrons. The van der Waals surface area contributed by atoms with Crippen molar-refractivity contribution >= 4 is 53.5 Å². The van der Waals surface area contributed by atoms with E-state index in [1.165, 1.54) is 0 Å². The molecule has 0 fully saturated rings. The van der Waals surface area contributed by atoms with Gasteiger partial charge in [-0.25, -0.2) is 0 Å². The first-order valence-electron chi connectivity index (χ1n) is 17.7.